The van der Waals surface area contributed by atoms with Gasteiger partial charge in [0.2, 0.25) is 0 Å². The molecule has 0 bridgehead atoms. The number of nitriles is 1. The topological polar surface area (TPSA) is 59.7 Å². The molecule has 0 saturated carbocycles. The van der Waals surface area contributed by atoms with Crippen molar-refractivity contribution >= 4 is 34.6 Å². The molecule has 0 aliphatic heterocycles. The fraction of sp³-hybridized carbons (Fsp3) is 0.111. The average molecular weight is 398 g/mol. The van der Waals surface area contributed by atoms with Crippen molar-refractivity contribution in [3.05, 3.63) is 75.3 Å². The molecule has 26 heavy (non-hydrogen) atoms. The van der Waals surface area contributed by atoms with Crippen LogP contribution in [0.5, 0.6) is 0 Å². The van der Waals surface area contributed by atoms with Crippen molar-refractivity contribution in [1.82, 2.24) is 0 Å². The van der Waals surface area contributed by atoms with Crippen molar-refractivity contribution in [2.75, 3.05) is 5.32 Å². The molecule has 0 atom stereocenters. The van der Waals surface area contributed by atoms with Crippen LogP contribution in [0.25, 0.3) is 0 Å². The molecule has 2 aromatic rings. The normalized spacial score (nSPS) is 11.4. The van der Waals surface area contributed by atoms with Crippen LogP contribution in [0.15, 0.2) is 48.6 Å². The molecule has 0 aliphatic rings. The van der Waals surface area contributed by atoms with E-state index in [0.717, 1.165) is 18.2 Å². The number of alkyl halides is 3. The number of benzene rings is 2. The van der Waals surface area contributed by atoms with Gasteiger partial charge in [0.1, 0.15) is 0 Å². The number of hydrogen-bond acceptors (Lipinski definition) is 3. The van der Waals surface area contributed by atoms with Gasteiger partial charge in [0.05, 0.1) is 17.3 Å². The number of allylic oxidation sites excluding steroid dienone is 2. The third kappa shape index (κ3) is 5.01. The highest BCUT2D eigenvalue weighted by molar-refractivity contribution is 6.35. The molecule has 2 rings (SSSR count). The van der Waals surface area contributed by atoms with E-state index >= 15 is 0 Å². The molecule has 2 aromatic carbocycles. The Bertz CT molecular complexity index is 900. The summed E-state index contributed by atoms with van der Waals surface area (Å²) in [5.41, 5.74) is 0.0412. The Morgan fingerprint density at radius 2 is 1.92 bits per heavy atom. The van der Waals surface area contributed by atoms with Crippen LogP contribution >= 0.6 is 23.2 Å². The minimum atomic E-state index is -4.52. The Labute approximate surface area is 158 Å². The number of hydrogen-bond donors (Lipinski definition) is 2. The maximum absolute atomic E-state index is 13.0. The quantitative estimate of drug-likeness (QED) is 0.474. The molecule has 0 aromatic heterocycles. The van der Waals surface area contributed by atoms with Gasteiger partial charge in [0.15, 0.2) is 0 Å². The molecule has 3 nitrogen and oxygen atoms in total. The van der Waals surface area contributed by atoms with Gasteiger partial charge in [-0.25, -0.2) is 0 Å². The Morgan fingerprint density at radius 1 is 1.19 bits per heavy atom. The monoisotopic (exact) mass is 397 g/mol. The SMILES string of the molecule is N#C/C=C/C(=N)c1ccc(C(F)(F)F)cc1NCc1ccc(Cl)cc1Cl. The summed E-state index contributed by atoms with van der Waals surface area (Å²) in [6, 6.07) is 9.56. The second-order valence-electron chi connectivity index (χ2n) is 5.22. The predicted molar refractivity (Wildman–Crippen MR) is 96.8 cm³/mol. The minimum Gasteiger partial charge on any atom is -0.380 e. The van der Waals surface area contributed by atoms with Crippen LogP contribution in [0.2, 0.25) is 10.0 Å². The van der Waals surface area contributed by atoms with Crippen molar-refractivity contribution in [1.29, 1.82) is 10.7 Å². The summed E-state index contributed by atoms with van der Waals surface area (Å²) in [6.07, 6.45) is -2.22. The number of nitrogens with zero attached hydrogens (tertiary/aromatic N) is 1. The van der Waals surface area contributed by atoms with Crippen LogP contribution in [-0.4, -0.2) is 5.71 Å². The van der Waals surface area contributed by atoms with Gasteiger partial charge in [-0.2, -0.15) is 18.4 Å². The van der Waals surface area contributed by atoms with E-state index in [0.29, 0.717) is 15.6 Å². The van der Waals surface area contributed by atoms with Crippen molar-refractivity contribution in [2.45, 2.75) is 12.7 Å². The van der Waals surface area contributed by atoms with Crippen LogP contribution < -0.4 is 5.32 Å². The third-order valence-electron chi connectivity index (χ3n) is 3.45. The van der Waals surface area contributed by atoms with E-state index in [4.69, 9.17) is 33.9 Å². The highest BCUT2D eigenvalue weighted by Gasteiger charge is 2.31. The van der Waals surface area contributed by atoms with Gasteiger partial charge < -0.3 is 10.7 Å². The van der Waals surface area contributed by atoms with E-state index in [1.165, 1.54) is 18.2 Å². The van der Waals surface area contributed by atoms with Crippen LogP contribution in [0, 0.1) is 16.7 Å². The Kier molecular flexibility index (Phi) is 6.30. The summed E-state index contributed by atoms with van der Waals surface area (Å²) in [6.45, 7) is 0.138. The number of rotatable bonds is 5. The Balaban J connectivity index is 2.37. The first-order chi connectivity index (χ1) is 12.2. The van der Waals surface area contributed by atoms with E-state index in [1.807, 2.05) is 0 Å². The summed E-state index contributed by atoms with van der Waals surface area (Å²) in [7, 11) is 0. The molecule has 134 valence electrons. The highest BCUT2D eigenvalue weighted by atomic mass is 35.5. The van der Waals surface area contributed by atoms with Crippen molar-refractivity contribution in [3.63, 3.8) is 0 Å². The van der Waals surface area contributed by atoms with Gasteiger partial charge in [-0.3, -0.25) is 0 Å². The van der Waals surface area contributed by atoms with Crippen LogP contribution in [0.1, 0.15) is 16.7 Å². The summed E-state index contributed by atoms with van der Waals surface area (Å²) in [5, 5.41) is 20.2. The summed E-state index contributed by atoms with van der Waals surface area (Å²) in [5.74, 6) is 0. The molecule has 0 fully saturated rings. The van der Waals surface area contributed by atoms with Gasteiger partial charge >= 0.3 is 6.18 Å². The lowest BCUT2D eigenvalue weighted by Crippen LogP contribution is -2.10. The zero-order valence-corrected chi connectivity index (χ0v) is 14.7. The van der Waals surface area contributed by atoms with Crippen molar-refractivity contribution in [2.24, 2.45) is 0 Å². The summed E-state index contributed by atoms with van der Waals surface area (Å²) >= 11 is 11.9. The first-order valence-electron chi connectivity index (χ1n) is 7.26. The van der Waals surface area contributed by atoms with E-state index in [9.17, 15) is 13.2 Å². The fourth-order valence-electron chi connectivity index (χ4n) is 2.17. The number of nitrogens with one attached hydrogen (secondary N) is 2. The molecule has 0 unspecified atom stereocenters. The van der Waals surface area contributed by atoms with Crippen molar-refractivity contribution < 1.29 is 13.2 Å². The smallest absolute Gasteiger partial charge is 0.380 e. The van der Waals surface area contributed by atoms with Crippen LogP contribution in [0.3, 0.4) is 0 Å². The fourth-order valence-corrected chi connectivity index (χ4v) is 2.64. The molecular weight excluding hydrogens is 386 g/mol. The maximum Gasteiger partial charge on any atom is 0.416 e. The molecule has 0 aliphatic carbocycles. The van der Waals surface area contributed by atoms with Crippen molar-refractivity contribution in [3.8, 4) is 6.07 Å². The average Bonchev–Trinajstić information content (AvgIpc) is 2.58. The molecule has 0 saturated heterocycles. The lowest BCUT2D eigenvalue weighted by atomic mass is 10.0. The minimum absolute atomic E-state index is 0.0926. The molecule has 0 spiro atoms. The lowest BCUT2D eigenvalue weighted by Gasteiger charge is -2.15. The van der Waals surface area contributed by atoms with Gasteiger partial charge in [0.25, 0.3) is 0 Å². The Morgan fingerprint density at radius 3 is 2.54 bits per heavy atom. The number of anilines is 1. The van der Waals surface area contributed by atoms with Crippen LogP contribution in [0.4, 0.5) is 18.9 Å². The Hall–Kier alpha value is -2.49. The maximum atomic E-state index is 13.0. The molecule has 0 radical (unpaired) electrons. The standard InChI is InChI=1S/C18H12Cl2F3N3/c19-13-5-3-11(15(20)9-13)10-26-17-8-12(18(21,22)23)4-6-14(17)16(25)2-1-7-24/h1-6,8-9,25-26H,10H2/b2-1+,25-16?. The lowest BCUT2D eigenvalue weighted by molar-refractivity contribution is -0.137. The third-order valence-corrected chi connectivity index (χ3v) is 4.03. The second kappa shape index (κ2) is 8.26. The van der Waals surface area contributed by atoms with Gasteiger partial charge in [0, 0.05) is 33.9 Å². The summed E-state index contributed by atoms with van der Waals surface area (Å²) < 4.78 is 39.0. The van der Waals surface area contributed by atoms with Gasteiger partial charge in [-0.1, -0.05) is 35.3 Å². The zero-order valence-electron chi connectivity index (χ0n) is 13.2. The number of halogens is 5. The first kappa shape index (κ1) is 19.8. The largest absolute Gasteiger partial charge is 0.416 e. The van der Waals surface area contributed by atoms with Gasteiger partial charge in [-0.05, 0) is 35.9 Å². The van der Waals surface area contributed by atoms with E-state index < -0.39 is 11.7 Å². The molecular formula is C18H12Cl2F3N3. The van der Waals surface area contributed by atoms with E-state index in [1.54, 1.807) is 18.2 Å². The van der Waals surface area contributed by atoms with Gasteiger partial charge in [-0.15, -0.1) is 0 Å². The predicted octanol–water partition coefficient (Wildman–Crippen LogP) is 6.07. The first-order valence-corrected chi connectivity index (χ1v) is 8.02. The zero-order chi connectivity index (χ0) is 19.3. The van der Waals surface area contributed by atoms with E-state index in [-0.39, 0.29) is 23.5 Å². The summed E-state index contributed by atoms with van der Waals surface area (Å²) in [4.78, 5) is 0. The molecule has 0 heterocycles. The molecule has 2 N–H and O–H groups in total. The van der Waals surface area contributed by atoms with E-state index in [2.05, 4.69) is 5.32 Å². The molecule has 0 amide bonds. The second-order valence-corrected chi connectivity index (χ2v) is 6.07. The molecule has 8 heteroatoms. The highest BCUT2D eigenvalue weighted by Crippen LogP contribution is 2.33. The van der Waals surface area contributed by atoms with Crippen LogP contribution in [-0.2, 0) is 12.7 Å².